The van der Waals surface area contributed by atoms with Gasteiger partial charge < -0.3 is 15.4 Å². The third-order valence-corrected chi connectivity index (χ3v) is 5.52. The number of allylic oxidation sites excluding steroid dienone is 2. The SMILES string of the molecule is C=C(NCC)C1=C(C)Nc2c(C)cnc(OCC)c2C1c1ccc(C#N)cc1CC. The first-order chi connectivity index (χ1) is 14.5. The largest absolute Gasteiger partial charge is 0.478 e. The van der Waals surface area contributed by atoms with Gasteiger partial charge in [0, 0.05) is 35.6 Å². The number of aryl methyl sites for hydroxylation is 2. The molecule has 1 aliphatic rings. The second kappa shape index (κ2) is 9.04. The Labute approximate surface area is 179 Å². The lowest BCUT2D eigenvalue weighted by Crippen LogP contribution is -2.26. The first-order valence-corrected chi connectivity index (χ1v) is 10.5. The van der Waals surface area contributed by atoms with Crippen LogP contribution in [0.4, 0.5) is 5.69 Å². The molecule has 1 aromatic heterocycles. The number of hydrogen-bond acceptors (Lipinski definition) is 5. The van der Waals surface area contributed by atoms with Gasteiger partial charge in [-0.15, -0.1) is 0 Å². The van der Waals surface area contributed by atoms with Crippen LogP contribution in [-0.2, 0) is 6.42 Å². The number of ether oxygens (including phenoxy) is 1. The van der Waals surface area contributed by atoms with Crippen molar-refractivity contribution < 1.29 is 4.74 Å². The first-order valence-electron chi connectivity index (χ1n) is 10.5. The van der Waals surface area contributed by atoms with Gasteiger partial charge in [-0.1, -0.05) is 19.6 Å². The number of benzene rings is 1. The van der Waals surface area contributed by atoms with E-state index in [1.165, 1.54) is 0 Å². The van der Waals surface area contributed by atoms with Crippen LogP contribution < -0.4 is 15.4 Å². The van der Waals surface area contributed by atoms with Gasteiger partial charge in [-0.2, -0.15) is 5.26 Å². The van der Waals surface area contributed by atoms with Gasteiger partial charge in [0.1, 0.15) is 0 Å². The highest BCUT2D eigenvalue weighted by atomic mass is 16.5. The lowest BCUT2D eigenvalue weighted by Gasteiger charge is -2.35. The van der Waals surface area contributed by atoms with E-state index in [0.717, 1.165) is 57.9 Å². The van der Waals surface area contributed by atoms with Crippen molar-refractivity contribution >= 4 is 5.69 Å². The van der Waals surface area contributed by atoms with Gasteiger partial charge in [0.25, 0.3) is 0 Å². The monoisotopic (exact) mass is 402 g/mol. The second-order valence-corrected chi connectivity index (χ2v) is 7.45. The molecule has 0 saturated heterocycles. The zero-order valence-corrected chi connectivity index (χ0v) is 18.5. The molecular formula is C25H30N4O. The van der Waals surface area contributed by atoms with E-state index in [0.29, 0.717) is 18.1 Å². The van der Waals surface area contributed by atoms with Gasteiger partial charge in [0.05, 0.1) is 29.5 Å². The van der Waals surface area contributed by atoms with Crippen LogP contribution in [0.1, 0.15) is 61.4 Å². The van der Waals surface area contributed by atoms with Crippen molar-refractivity contribution in [3.8, 4) is 11.9 Å². The van der Waals surface area contributed by atoms with E-state index in [9.17, 15) is 5.26 Å². The number of nitriles is 1. The molecule has 156 valence electrons. The van der Waals surface area contributed by atoms with Crippen LogP contribution in [0.5, 0.6) is 5.88 Å². The van der Waals surface area contributed by atoms with Crippen molar-refractivity contribution in [2.75, 3.05) is 18.5 Å². The minimum atomic E-state index is -0.0931. The minimum absolute atomic E-state index is 0.0931. The van der Waals surface area contributed by atoms with E-state index in [-0.39, 0.29) is 5.92 Å². The van der Waals surface area contributed by atoms with Crippen molar-refractivity contribution in [2.45, 2.75) is 47.0 Å². The summed E-state index contributed by atoms with van der Waals surface area (Å²) in [5.74, 6) is 0.542. The van der Waals surface area contributed by atoms with E-state index in [1.807, 2.05) is 25.3 Å². The van der Waals surface area contributed by atoms with Crippen molar-refractivity contribution in [3.63, 3.8) is 0 Å². The summed E-state index contributed by atoms with van der Waals surface area (Å²) in [6.45, 7) is 16.0. The second-order valence-electron chi connectivity index (χ2n) is 7.45. The molecule has 0 fully saturated rings. The summed E-state index contributed by atoms with van der Waals surface area (Å²) in [5, 5.41) is 16.4. The van der Waals surface area contributed by atoms with Crippen LogP contribution in [0.3, 0.4) is 0 Å². The molecule has 1 aromatic carbocycles. The maximum atomic E-state index is 9.40. The van der Waals surface area contributed by atoms with Gasteiger partial charge in [-0.3, -0.25) is 0 Å². The zero-order valence-electron chi connectivity index (χ0n) is 18.5. The average Bonchev–Trinajstić information content (AvgIpc) is 2.74. The number of hydrogen-bond donors (Lipinski definition) is 2. The number of fused-ring (bicyclic) bond motifs is 1. The van der Waals surface area contributed by atoms with Gasteiger partial charge in [-0.05, 0) is 62.9 Å². The van der Waals surface area contributed by atoms with Crippen LogP contribution in [0.2, 0.25) is 0 Å². The Bertz CT molecular complexity index is 1050. The smallest absolute Gasteiger partial charge is 0.219 e. The van der Waals surface area contributed by atoms with E-state index >= 15 is 0 Å². The van der Waals surface area contributed by atoms with Gasteiger partial charge in [-0.25, -0.2) is 4.98 Å². The standard InChI is InChI=1S/C25H30N4O/c1-7-19-12-18(13-26)10-11-20(19)22-21(16(5)27-8-2)17(6)29-24-15(4)14-28-25(23(22)24)30-9-3/h10-12,14,22,27,29H,5,7-9H2,1-4,6H3. The highest BCUT2D eigenvalue weighted by Gasteiger charge is 2.35. The summed E-state index contributed by atoms with van der Waals surface area (Å²) in [6, 6.07) is 8.22. The van der Waals surface area contributed by atoms with E-state index in [1.54, 1.807) is 0 Å². The number of aromatic nitrogens is 1. The molecule has 0 aliphatic carbocycles. The van der Waals surface area contributed by atoms with Crippen molar-refractivity contribution in [3.05, 3.63) is 75.8 Å². The lowest BCUT2D eigenvalue weighted by molar-refractivity contribution is 0.322. The summed E-state index contributed by atoms with van der Waals surface area (Å²) in [7, 11) is 0. The Kier molecular flexibility index (Phi) is 6.47. The molecule has 1 atom stereocenters. The fourth-order valence-electron chi connectivity index (χ4n) is 4.19. The zero-order chi connectivity index (χ0) is 21.8. The number of likely N-dealkylation sites (N-methyl/N-ethyl adjacent to an activating group) is 1. The quantitative estimate of drug-likeness (QED) is 0.668. The Balaban J connectivity index is 2.35. The van der Waals surface area contributed by atoms with Gasteiger partial charge in [0.15, 0.2) is 0 Å². The maximum absolute atomic E-state index is 9.40. The van der Waals surface area contributed by atoms with Crippen LogP contribution in [-0.4, -0.2) is 18.1 Å². The van der Waals surface area contributed by atoms with Crippen LogP contribution in [0.25, 0.3) is 0 Å². The highest BCUT2D eigenvalue weighted by molar-refractivity contribution is 5.73. The Morgan fingerprint density at radius 3 is 2.70 bits per heavy atom. The predicted octanol–water partition coefficient (Wildman–Crippen LogP) is 5.18. The molecule has 5 nitrogen and oxygen atoms in total. The van der Waals surface area contributed by atoms with Crippen molar-refractivity contribution in [1.82, 2.24) is 10.3 Å². The maximum Gasteiger partial charge on any atom is 0.219 e. The molecule has 3 rings (SSSR count). The number of rotatable bonds is 7. The Hall–Kier alpha value is -3.26. The fourth-order valence-corrected chi connectivity index (χ4v) is 4.19. The molecule has 0 radical (unpaired) electrons. The number of pyridine rings is 1. The number of anilines is 1. The van der Waals surface area contributed by atoms with Crippen molar-refractivity contribution in [1.29, 1.82) is 5.26 Å². The third kappa shape index (κ3) is 3.78. The molecule has 0 amide bonds. The number of nitrogens with one attached hydrogen (secondary N) is 2. The molecule has 0 saturated carbocycles. The van der Waals surface area contributed by atoms with E-state index in [2.05, 4.69) is 62.0 Å². The summed E-state index contributed by atoms with van der Waals surface area (Å²) < 4.78 is 5.98. The summed E-state index contributed by atoms with van der Waals surface area (Å²) in [4.78, 5) is 4.62. The number of nitrogens with zero attached hydrogens (tertiary/aromatic N) is 2. The minimum Gasteiger partial charge on any atom is -0.478 e. The third-order valence-electron chi connectivity index (χ3n) is 5.52. The molecule has 0 bridgehead atoms. The van der Waals surface area contributed by atoms with Crippen LogP contribution >= 0.6 is 0 Å². The normalized spacial score (nSPS) is 15.1. The molecule has 1 aliphatic heterocycles. The predicted molar refractivity (Wildman–Crippen MR) is 122 cm³/mol. The lowest BCUT2D eigenvalue weighted by atomic mass is 9.77. The molecule has 2 aromatic rings. The average molecular weight is 403 g/mol. The van der Waals surface area contributed by atoms with Crippen LogP contribution in [0.15, 0.2) is 47.9 Å². The topological polar surface area (TPSA) is 70.0 Å². The fraction of sp³-hybridized carbons (Fsp3) is 0.360. The molecule has 2 N–H and O–H groups in total. The molecule has 0 spiro atoms. The summed E-state index contributed by atoms with van der Waals surface area (Å²) in [6.07, 6.45) is 2.68. The van der Waals surface area contributed by atoms with Crippen LogP contribution in [0, 0.1) is 18.3 Å². The molecular weight excluding hydrogens is 372 g/mol. The molecule has 5 heteroatoms. The van der Waals surface area contributed by atoms with Gasteiger partial charge in [0.2, 0.25) is 5.88 Å². The molecule has 1 unspecified atom stereocenters. The van der Waals surface area contributed by atoms with Gasteiger partial charge >= 0.3 is 0 Å². The summed E-state index contributed by atoms with van der Waals surface area (Å²) >= 11 is 0. The first kappa shape index (κ1) is 21.4. The Morgan fingerprint density at radius 2 is 2.07 bits per heavy atom. The van der Waals surface area contributed by atoms with E-state index in [4.69, 9.17) is 4.74 Å². The molecule has 30 heavy (non-hydrogen) atoms. The van der Waals surface area contributed by atoms with Crippen molar-refractivity contribution in [2.24, 2.45) is 0 Å². The highest BCUT2D eigenvalue weighted by Crippen LogP contribution is 2.49. The van der Waals surface area contributed by atoms with E-state index < -0.39 is 0 Å². The Morgan fingerprint density at radius 1 is 1.30 bits per heavy atom. The molecule has 2 heterocycles. The summed E-state index contributed by atoms with van der Waals surface area (Å²) in [5.41, 5.74) is 9.13.